The van der Waals surface area contributed by atoms with Crippen molar-refractivity contribution in [3.05, 3.63) is 65.3 Å². The number of halogens is 3. The maximum atomic E-state index is 12.3. The third-order valence-corrected chi connectivity index (χ3v) is 3.34. The van der Waals surface area contributed by atoms with Crippen LogP contribution >= 0.6 is 0 Å². The van der Waals surface area contributed by atoms with Crippen molar-refractivity contribution in [3.8, 4) is 5.75 Å². The van der Waals surface area contributed by atoms with Gasteiger partial charge < -0.3 is 4.74 Å². The number of carbonyl (C=O) groups is 2. The van der Waals surface area contributed by atoms with Gasteiger partial charge in [0.2, 0.25) is 5.78 Å². The first kappa shape index (κ1) is 15.9. The van der Waals surface area contributed by atoms with Crippen molar-refractivity contribution in [1.29, 1.82) is 0 Å². The highest BCUT2D eigenvalue weighted by Crippen LogP contribution is 2.25. The maximum Gasteiger partial charge on any atom is 0.573 e. The fourth-order valence-electron chi connectivity index (χ4n) is 2.32. The highest BCUT2D eigenvalue weighted by atomic mass is 19.4. The SMILES string of the molecule is O=C1C(Cc2ccc(OC(F)(F)F)cc2)=CC(=O)c2ncncc21. The highest BCUT2D eigenvalue weighted by Gasteiger charge is 2.31. The van der Waals surface area contributed by atoms with Gasteiger partial charge in [-0.25, -0.2) is 9.97 Å². The molecule has 3 rings (SSSR count). The summed E-state index contributed by atoms with van der Waals surface area (Å²) in [6.45, 7) is 0. The number of hydrogen-bond donors (Lipinski definition) is 0. The number of ether oxygens (including phenoxy) is 1. The van der Waals surface area contributed by atoms with Gasteiger partial charge in [0.15, 0.2) is 5.78 Å². The van der Waals surface area contributed by atoms with Crippen LogP contribution in [0.1, 0.15) is 26.4 Å². The fraction of sp³-hybridized carbons (Fsp3) is 0.125. The van der Waals surface area contributed by atoms with E-state index < -0.39 is 12.1 Å². The van der Waals surface area contributed by atoms with Gasteiger partial charge in [-0.05, 0) is 23.8 Å². The molecule has 5 nitrogen and oxygen atoms in total. The molecule has 0 spiro atoms. The third kappa shape index (κ3) is 3.32. The summed E-state index contributed by atoms with van der Waals surface area (Å²) in [5, 5.41) is 0. The summed E-state index contributed by atoms with van der Waals surface area (Å²) < 4.78 is 40.2. The summed E-state index contributed by atoms with van der Waals surface area (Å²) in [5.41, 5.74) is 0.966. The van der Waals surface area contributed by atoms with Gasteiger partial charge in [-0.2, -0.15) is 0 Å². The van der Waals surface area contributed by atoms with E-state index in [1.54, 1.807) is 0 Å². The number of rotatable bonds is 3. The molecule has 0 saturated heterocycles. The van der Waals surface area contributed by atoms with Crippen LogP contribution in [0, 0.1) is 0 Å². The Morgan fingerprint density at radius 1 is 1.08 bits per heavy atom. The largest absolute Gasteiger partial charge is 0.573 e. The number of benzene rings is 1. The van der Waals surface area contributed by atoms with Crippen LogP contribution in [0.15, 0.2) is 48.4 Å². The molecule has 1 aliphatic rings. The lowest BCUT2D eigenvalue weighted by Gasteiger charge is -2.14. The van der Waals surface area contributed by atoms with E-state index in [0.717, 1.165) is 12.1 Å². The molecule has 0 unspecified atom stereocenters. The van der Waals surface area contributed by atoms with Crippen LogP contribution < -0.4 is 4.74 Å². The molecule has 0 atom stereocenters. The van der Waals surface area contributed by atoms with E-state index in [2.05, 4.69) is 14.7 Å². The Hall–Kier alpha value is -3.03. The Morgan fingerprint density at radius 2 is 1.79 bits per heavy atom. The first-order chi connectivity index (χ1) is 11.3. The minimum atomic E-state index is -4.76. The summed E-state index contributed by atoms with van der Waals surface area (Å²) in [6.07, 6.45) is -1.01. The van der Waals surface area contributed by atoms with Crippen molar-refractivity contribution in [2.75, 3.05) is 0 Å². The molecule has 0 radical (unpaired) electrons. The van der Waals surface area contributed by atoms with E-state index in [1.165, 1.54) is 30.7 Å². The number of Topliss-reactive ketones (excluding diaryl/α,β-unsaturated/α-hetero) is 1. The van der Waals surface area contributed by atoms with Crippen molar-refractivity contribution in [2.24, 2.45) is 0 Å². The zero-order chi connectivity index (χ0) is 17.3. The van der Waals surface area contributed by atoms with Gasteiger partial charge in [0.25, 0.3) is 0 Å². The molecule has 0 aliphatic heterocycles. The molecule has 1 aliphatic carbocycles. The van der Waals surface area contributed by atoms with E-state index in [4.69, 9.17) is 0 Å². The highest BCUT2D eigenvalue weighted by molar-refractivity contribution is 6.23. The lowest BCUT2D eigenvalue weighted by Crippen LogP contribution is -2.20. The molecule has 24 heavy (non-hydrogen) atoms. The quantitative estimate of drug-likeness (QED) is 0.863. The maximum absolute atomic E-state index is 12.3. The molecule has 0 N–H and O–H groups in total. The van der Waals surface area contributed by atoms with Crippen molar-refractivity contribution in [1.82, 2.24) is 9.97 Å². The molecule has 1 aromatic carbocycles. The van der Waals surface area contributed by atoms with Crippen LogP contribution in [-0.4, -0.2) is 27.9 Å². The van der Waals surface area contributed by atoms with Crippen LogP contribution in [0.2, 0.25) is 0 Å². The minimum absolute atomic E-state index is 0.0488. The second-order valence-corrected chi connectivity index (χ2v) is 5.02. The van der Waals surface area contributed by atoms with Gasteiger partial charge in [-0.15, -0.1) is 13.2 Å². The van der Waals surface area contributed by atoms with Crippen LogP contribution in [0.25, 0.3) is 0 Å². The summed E-state index contributed by atoms with van der Waals surface area (Å²) in [7, 11) is 0. The predicted octanol–water partition coefficient (Wildman–Crippen LogP) is 2.92. The third-order valence-electron chi connectivity index (χ3n) is 3.34. The van der Waals surface area contributed by atoms with Crippen molar-refractivity contribution in [3.63, 3.8) is 0 Å². The second kappa shape index (κ2) is 5.88. The van der Waals surface area contributed by atoms with Gasteiger partial charge in [-0.3, -0.25) is 9.59 Å². The number of carbonyl (C=O) groups excluding carboxylic acids is 2. The average Bonchev–Trinajstić information content (AvgIpc) is 2.53. The number of hydrogen-bond acceptors (Lipinski definition) is 5. The first-order valence-electron chi connectivity index (χ1n) is 6.78. The van der Waals surface area contributed by atoms with Gasteiger partial charge in [0.1, 0.15) is 17.8 Å². The molecule has 122 valence electrons. The second-order valence-electron chi connectivity index (χ2n) is 5.02. The molecule has 0 fully saturated rings. The molecular formula is C16H9F3N2O3. The van der Waals surface area contributed by atoms with Crippen LogP contribution in [0.5, 0.6) is 5.75 Å². The molecule has 2 aromatic rings. The van der Waals surface area contributed by atoms with Gasteiger partial charge in [0, 0.05) is 18.2 Å². The van der Waals surface area contributed by atoms with E-state index in [1.807, 2.05) is 0 Å². The van der Waals surface area contributed by atoms with E-state index in [0.29, 0.717) is 5.56 Å². The van der Waals surface area contributed by atoms with E-state index in [9.17, 15) is 22.8 Å². The zero-order valence-corrected chi connectivity index (χ0v) is 12.0. The average molecular weight is 334 g/mol. The zero-order valence-electron chi connectivity index (χ0n) is 12.0. The lowest BCUT2D eigenvalue weighted by atomic mass is 9.90. The molecular weight excluding hydrogens is 325 g/mol. The number of aromatic nitrogens is 2. The van der Waals surface area contributed by atoms with Gasteiger partial charge >= 0.3 is 6.36 Å². The normalized spacial score (nSPS) is 14.2. The molecule has 0 bridgehead atoms. The Balaban J connectivity index is 1.80. The van der Waals surface area contributed by atoms with Crippen molar-refractivity contribution < 1.29 is 27.5 Å². The lowest BCUT2D eigenvalue weighted by molar-refractivity contribution is -0.274. The van der Waals surface area contributed by atoms with Crippen LogP contribution in [0.3, 0.4) is 0 Å². The summed E-state index contributed by atoms with van der Waals surface area (Å²) in [5.74, 6) is -1.13. The number of nitrogens with zero attached hydrogens (tertiary/aromatic N) is 2. The number of allylic oxidation sites excluding steroid dienone is 2. The number of alkyl halides is 3. The summed E-state index contributed by atoms with van der Waals surface area (Å²) in [6, 6.07) is 5.10. The summed E-state index contributed by atoms with van der Waals surface area (Å²) in [4.78, 5) is 31.9. The molecule has 8 heteroatoms. The van der Waals surface area contributed by atoms with Crippen LogP contribution in [0.4, 0.5) is 13.2 Å². The molecule has 0 amide bonds. The van der Waals surface area contributed by atoms with Gasteiger partial charge in [-0.1, -0.05) is 12.1 Å². The Labute approximate surface area is 133 Å². The predicted molar refractivity (Wildman–Crippen MR) is 75.6 cm³/mol. The number of ketones is 2. The monoisotopic (exact) mass is 334 g/mol. The van der Waals surface area contributed by atoms with Crippen molar-refractivity contribution in [2.45, 2.75) is 12.8 Å². The fourth-order valence-corrected chi connectivity index (χ4v) is 2.32. The smallest absolute Gasteiger partial charge is 0.406 e. The topological polar surface area (TPSA) is 69.2 Å². The van der Waals surface area contributed by atoms with Crippen molar-refractivity contribution >= 4 is 11.6 Å². The Bertz CT molecular complexity index is 842. The van der Waals surface area contributed by atoms with Crippen LogP contribution in [-0.2, 0) is 6.42 Å². The minimum Gasteiger partial charge on any atom is -0.406 e. The van der Waals surface area contributed by atoms with E-state index in [-0.39, 0.29) is 34.8 Å². The number of fused-ring (bicyclic) bond motifs is 1. The Kier molecular flexibility index (Phi) is 3.88. The summed E-state index contributed by atoms with van der Waals surface area (Å²) >= 11 is 0. The molecule has 0 saturated carbocycles. The first-order valence-corrected chi connectivity index (χ1v) is 6.78. The Morgan fingerprint density at radius 3 is 2.46 bits per heavy atom. The standard InChI is InChI=1S/C16H9F3N2O3/c17-16(18,19)24-11-3-1-9(2-4-11)5-10-6-13(22)14-12(15(10)23)7-20-8-21-14/h1-4,6-8H,5H2. The molecule has 1 aromatic heterocycles. The molecule has 1 heterocycles. The van der Waals surface area contributed by atoms with Gasteiger partial charge in [0.05, 0.1) is 5.56 Å². The van der Waals surface area contributed by atoms with E-state index >= 15 is 0 Å².